The van der Waals surface area contributed by atoms with Gasteiger partial charge in [0.15, 0.2) is 10.8 Å². The molecular formula is C19H15FN4O2S. The van der Waals surface area contributed by atoms with E-state index in [2.05, 4.69) is 15.4 Å². The topological polar surface area (TPSA) is 73.0 Å². The molecule has 27 heavy (non-hydrogen) atoms. The highest BCUT2D eigenvalue weighted by Crippen LogP contribution is 2.28. The number of nitrogens with one attached hydrogen (secondary N) is 1. The molecule has 0 aliphatic heterocycles. The highest BCUT2D eigenvalue weighted by atomic mass is 32.1. The van der Waals surface area contributed by atoms with Crippen LogP contribution in [0, 0.1) is 19.7 Å². The maximum absolute atomic E-state index is 13.2. The minimum absolute atomic E-state index is 0.330. The van der Waals surface area contributed by atoms with Gasteiger partial charge in [-0.05, 0) is 50.2 Å². The van der Waals surface area contributed by atoms with Crippen molar-refractivity contribution < 1.29 is 13.6 Å². The summed E-state index contributed by atoms with van der Waals surface area (Å²) in [5.74, 6) is 0.423. The molecule has 4 rings (SSSR count). The van der Waals surface area contributed by atoms with Gasteiger partial charge in [-0.2, -0.15) is 5.10 Å². The van der Waals surface area contributed by atoms with Gasteiger partial charge in [0.25, 0.3) is 5.91 Å². The quantitative estimate of drug-likeness (QED) is 0.560. The second-order valence-corrected chi connectivity index (χ2v) is 7.12. The molecule has 1 aromatic carbocycles. The van der Waals surface area contributed by atoms with Crippen LogP contribution < -0.4 is 5.32 Å². The summed E-state index contributed by atoms with van der Waals surface area (Å²) in [6.45, 7) is 3.65. The summed E-state index contributed by atoms with van der Waals surface area (Å²) in [5, 5.41) is 7.86. The number of amides is 1. The Morgan fingerprint density at radius 2 is 2.00 bits per heavy atom. The Balaban J connectivity index is 1.63. The summed E-state index contributed by atoms with van der Waals surface area (Å²) in [6, 6.07) is 11.2. The summed E-state index contributed by atoms with van der Waals surface area (Å²) < 4.78 is 20.1. The molecule has 6 nitrogen and oxygen atoms in total. The standard InChI is InChI=1S/C19H15FN4O2S/c1-11-10-16(24(23-11)14-7-5-13(20)6-8-14)21-18(25)17-12(2)27-19(22-17)15-4-3-9-26-15/h3-10H,1-2H3,(H,21,25). The van der Waals surface area contributed by atoms with Crippen molar-refractivity contribution in [2.45, 2.75) is 13.8 Å². The number of carbonyl (C=O) groups is 1. The first-order valence-corrected chi connectivity index (χ1v) is 8.98. The smallest absolute Gasteiger partial charge is 0.276 e. The number of hydrogen-bond donors (Lipinski definition) is 1. The van der Waals surface area contributed by atoms with Crippen LogP contribution in [-0.4, -0.2) is 20.7 Å². The van der Waals surface area contributed by atoms with E-state index >= 15 is 0 Å². The molecule has 0 aliphatic carbocycles. The maximum atomic E-state index is 13.2. The van der Waals surface area contributed by atoms with Crippen LogP contribution in [0.15, 0.2) is 53.1 Å². The van der Waals surface area contributed by atoms with Crippen LogP contribution in [0.1, 0.15) is 21.1 Å². The van der Waals surface area contributed by atoms with E-state index in [-0.39, 0.29) is 11.7 Å². The monoisotopic (exact) mass is 382 g/mol. The number of furan rings is 1. The number of anilines is 1. The summed E-state index contributed by atoms with van der Waals surface area (Å²) >= 11 is 1.39. The number of carbonyl (C=O) groups excluding carboxylic acids is 1. The molecule has 0 fully saturated rings. The van der Waals surface area contributed by atoms with Crippen molar-refractivity contribution in [2.75, 3.05) is 5.32 Å². The van der Waals surface area contributed by atoms with Crippen molar-refractivity contribution in [3.8, 4) is 16.5 Å². The Labute approximate surface area is 158 Å². The van der Waals surface area contributed by atoms with Crippen LogP contribution in [0.2, 0.25) is 0 Å². The molecule has 3 heterocycles. The molecule has 0 bridgehead atoms. The lowest BCUT2D eigenvalue weighted by Gasteiger charge is -2.08. The second-order valence-electron chi connectivity index (χ2n) is 5.91. The largest absolute Gasteiger partial charge is 0.462 e. The highest BCUT2D eigenvalue weighted by Gasteiger charge is 2.19. The first-order chi connectivity index (χ1) is 13.0. The lowest BCUT2D eigenvalue weighted by molar-refractivity contribution is 0.102. The molecule has 4 aromatic rings. The minimum Gasteiger partial charge on any atom is -0.462 e. The van der Waals surface area contributed by atoms with Gasteiger partial charge in [0.2, 0.25) is 0 Å². The van der Waals surface area contributed by atoms with Crippen molar-refractivity contribution >= 4 is 23.1 Å². The van der Waals surface area contributed by atoms with E-state index in [1.54, 1.807) is 41.3 Å². The molecule has 1 amide bonds. The molecule has 0 atom stereocenters. The zero-order chi connectivity index (χ0) is 19.0. The minimum atomic E-state index is -0.343. The van der Waals surface area contributed by atoms with E-state index in [0.29, 0.717) is 28.0 Å². The number of nitrogens with zero attached hydrogens (tertiary/aromatic N) is 3. The van der Waals surface area contributed by atoms with Gasteiger partial charge in [-0.25, -0.2) is 14.1 Å². The molecule has 0 unspecified atom stereocenters. The van der Waals surface area contributed by atoms with E-state index in [1.165, 1.54) is 23.5 Å². The first-order valence-electron chi connectivity index (χ1n) is 8.16. The Morgan fingerprint density at radius 3 is 2.70 bits per heavy atom. The third-order valence-corrected chi connectivity index (χ3v) is 4.87. The third-order valence-electron chi connectivity index (χ3n) is 3.89. The van der Waals surface area contributed by atoms with Gasteiger partial charge in [-0.3, -0.25) is 4.79 Å². The number of rotatable bonds is 4. The summed E-state index contributed by atoms with van der Waals surface area (Å²) in [6.07, 6.45) is 1.57. The Kier molecular flexibility index (Phi) is 4.33. The lowest BCUT2D eigenvalue weighted by atomic mass is 10.3. The Bertz CT molecular complexity index is 1100. The molecule has 0 saturated carbocycles. The lowest BCUT2D eigenvalue weighted by Crippen LogP contribution is -2.16. The van der Waals surface area contributed by atoms with Crippen LogP contribution in [0.25, 0.3) is 16.5 Å². The van der Waals surface area contributed by atoms with Crippen LogP contribution in [0.4, 0.5) is 10.2 Å². The molecule has 0 saturated heterocycles. The summed E-state index contributed by atoms with van der Waals surface area (Å²) in [4.78, 5) is 17.9. The van der Waals surface area contributed by atoms with E-state index < -0.39 is 0 Å². The number of thiazole rings is 1. The number of hydrogen-bond acceptors (Lipinski definition) is 5. The third kappa shape index (κ3) is 3.39. The van der Waals surface area contributed by atoms with Crippen molar-refractivity contribution in [1.29, 1.82) is 0 Å². The molecule has 0 radical (unpaired) electrons. The van der Waals surface area contributed by atoms with Gasteiger partial charge in [-0.15, -0.1) is 11.3 Å². The molecule has 3 aromatic heterocycles. The van der Waals surface area contributed by atoms with Gasteiger partial charge in [0.05, 0.1) is 17.6 Å². The normalized spacial score (nSPS) is 10.9. The van der Waals surface area contributed by atoms with E-state index in [4.69, 9.17) is 4.42 Å². The van der Waals surface area contributed by atoms with Gasteiger partial charge >= 0.3 is 0 Å². The average molecular weight is 382 g/mol. The predicted octanol–water partition coefficient (Wildman–Crippen LogP) is 4.60. The zero-order valence-corrected chi connectivity index (χ0v) is 15.4. The predicted molar refractivity (Wildman–Crippen MR) is 101 cm³/mol. The van der Waals surface area contributed by atoms with Crippen molar-refractivity contribution in [3.63, 3.8) is 0 Å². The van der Waals surface area contributed by atoms with Crippen molar-refractivity contribution in [2.24, 2.45) is 0 Å². The Hall–Kier alpha value is -3.26. The molecule has 0 aliphatic rings. The van der Waals surface area contributed by atoms with E-state index in [0.717, 1.165) is 10.6 Å². The number of aryl methyl sites for hydroxylation is 2. The van der Waals surface area contributed by atoms with Gasteiger partial charge in [0, 0.05) is 10.9 Å². The van der Waals surface area contributed by atoms with Crippen molar-refractivity contribution in [3.05, 3.63) is 70.8 Å². The van der Waals surface area contributed by atoms with Gasteiger partial charge in [0.1, 0.15) is 17.3 Å². The van der Waals surface area contributed by atoms with E-state index in [1.807, 2.05) is 13.8 Å². The molecule has 1 N–H and O–H groups in total. The van der Waals surface area contributed by atoms with E-state index in [9.17, 15) is 9.18 Å². The number of benzene rings is 1. The van der Waals surface area contributed by atoms with Gasteiger partial charge in [-0.1, -0.05) is 0 Å². The fourth-order valence-electron chi connectivity index (χ4n) is 2.66. The number of aromatic nitrogens is 3. The summed E-state index contributed by atoms with van der Waals surface area (Å²) in [7, 11) is 0. The highest BCUT2D eigenvalue weighted by molar-refractivity contribution is 7.15. The van der Waals surface area contributed by atoms with Crippen LogP contribution >= 0.6 is 11.3 Å². The molecular weight excluding hydrogens is 367 g/mol. The Morgan fingerprint density at radius 1 is 1.22 bits per heavy atom. The number of halogens is 1. The van der Waals surface area contributed by atoms with Crippen LogP contribution in [0.3, 0.4) is 0 Å². The average Bonchev–Trinajstić information content (AvgIpc) is 3.36. The molecule has 0 spiro atoms. The SMILES string of the molecule is Cc1cc(NC(=O)c2nc(-c3ccco3)sc2C)n(-c2ccc(F)cc2)n1. The summed E-state index contributed by atoms with van der Waals surface area (Å²) in [5.41, 5.74) is 1.70. The molecule has 8 heteroatoms. The second kappa shape index (κ2) is 6.81. The fourth-order valence-corrected chi connectivity index (χ4v) is 3.53. The van der Waals surface area contributed by atoms with Crippen LogP contribution in [0.5, 0.6) is 0 Å². The fraction of sp³-hybridized carbons (Fsp3) is 0.105. The van der Waals surface area contributed by atoms with Gasteiger partial charge < -0.3 is 9.73 Å². The van der Waals surface area contributed by atoms with Crippen molar-refractivity contribution in [1.82, 2.24) is 14.8 Å². The first kappa shape index (κ1) is 17.2. The van der Waals surface area contributed by atoms with Crippen LogP contribution in [-0.2, 0) is 0 Å². The molecule has 136 valence electrons. The maximum Gasteiger partial charge on any atom is 0.276 e. The zero-order valence-electron chi connectivity index (χ0n) is 14.6.